The van der Waals surface area contributed by atoms with Crippen molar-refractivity contribution in [2.75, 3.05) is 11.9 Å². The minimum absolute atomic E-state index is 0.0427. The molecule has 0 spiro atoms. The van der Waals surface area contributed by atoms with Gasteiger partial charge in [0.25, 0.3) is 0 Å². The Hall–Kier alpha value is -4.65. The van der Waals surface area contributed by atoms with Crippen LogP contribution in [-0.2, 0) is 22.6 Å². The van der Waals surface area contributed by atoms with Crippen LogP contribution in [0.3, 0.4) is 0 Å². The van der Waals surface area contributed by atoms with Crippen LogP contribution in [0.4, 0.5) is 32.0 Å². The number of carbonyl (C=O) groups is 1. The maximum atomic E-state index is 13.9. The standard InChI is InChI=1S/C33H27F6N3O/c1-20-8-6-7-9-27(20)28-18-26(11-10-22-12-13-40-21(2)14-22)41-19-29(28)42(5)30(43)31(3,4)23-15-24(32(34,35)36)17-25(16-23)33(37,38)39/h6-9,12-19H,1-5H3. The smallest absolute Gasteiger partial charge is 0.313 e. The Morgan fingerprint density at radius 2 is 1.37 bits per heavy atom. The van der Waals surface area contributed by atoms with Crippen LogP contribution in [0, 0.1) is 25.7 Å². The average molecular weight is 596 g/mol. The van der Waals surface area contributed by atoms with Gasteiger partial charge in [-0.2, -0.15) is 26.3 Å². The van der Waals surface area contributed by atoms with Crippen molar-refractivity contribution in [3.8, 4) is 23.0 Å². The van der Waals surface area contributed by atoms with E-state index in [4.69, 9.17) is 0 Å². The van der Waals surface area contributed by atoms with Crippen molar-refractivity contribution < 1.29 is 31.1 Å². The van der Waals surface area contributed by atoms with Gasteiger partial charge in [-0.15, -0.1) is 0 Å². The monoisotopic (exact) mass is 595 g/mol. The number of alkyl halides is 6. The molecule has 2 aromatic carbocycles. The number of benzene rings is 2. The van der Waals surface area contributed by atoms with E-state index in [1.54, 1.807) is 18.3 Å². The van der Waals surface area contributed by atoms with Crippen LogP contribution in [0.2, 0.25) is 0 Å². The van der Waals surface area contributed by atoms with E-state index in [1.807, 2.05) is 44.2 Å². The van der Waals surface area contributed by atoms with Crippen molar-refractivity contribution in [3.63, 3.8) is 0 Å². The molecule has 43 heavy (non-hydrogen) atoms. The zero-order valence-corrected chi connectivity index (χ0v) is 23.9. The van der Waals surface area contributed by atoms with E-state index in [9.17, 15) is 31.1 Å². The summed E-state index contributed by atoms with van der Waals surface area (Å²) in [6, 6.07) is 13.8. The van der Waals surface area contributed by atoms with Crippen molar-refractivity contribution in [1.29, 1.82) is 0 Å². The molecule has 4 nitrogen and oxygen atoms in total. The number of hydrogen-bond donors (Lipinski definition) is 0. The molecule has 0 unspecified atom stereocenters. The van der Waals surface area contributed by atoms with Gasteiger partial charge in [-0.25, -0.2) is 4.98 Å². The summed E-state index contributed by atoms with van der Waals surface area (Å²) in [6.45, 7) is 6.29. The number of rotatable bonds is 4. The number of carbonyl (C=O) groups excluding carboxylic acids is 1. The molecule has 1 amide bonds. The third-order valence-corrected chi connectivity index (χ3v) is 7.06. The Morgan fingerprint density at radius 1 is 0.767 bits per heavy atom. The lowest BCUT2D eigenvalue weighted by molar-refractivity contribution is -0.143. The second-order valence-corrected chi connectivity index (χ2v) is 10.6. The van der Waals surface area contributed by atoms with Crippen molar-refractivity contribution in [3.05, 3.63) is 112 Å². The molecule has 0 N–H and O–H groups in total. The van der Waals surface area contributed by atoms with Crippen molar-refractivity contribution in [2.45, 2.75) is 45.5 Å². The van der Waals surface area contributed by atoms with Gasteiger partial charge in [-0.1, -0.05) is 30.2 Å². The van der Waals surface area contributed by atoms with E-state index in [2.05, 4.69) is 21.8 Å². The van der Waals surface area contributed by atoms with Gasteiger partial charge in [-0.05, 0) is 86.7 Å². The van der Waals surface area contributed by atoms with Crippen LogP contribution in [0.15, 0.2) is 73.1 Å². The molecule has 0 aliphatic rings. The van der Waals surface area contributed by atoms with E-state index in [0.29, 0.717) is 29.1 Å². The summed E-state index contributed by atoms with van der Waals surface area (Å²) in [5.74, 6) is 5.30. The molecule has 10 heteroatoms. The molecule has 2 aromatic heterocycles. The predicted molar refractivity (Wildman–Crippen MR) is 152 cm³/mol. The quantitative estimate of drug-likeness (QED) is 0.177. The molecule has 0 saturated carbocycles. The maximum absolute atomic E-state index is 13.9. The van der Waals surface area contributed by atoms with Gasteiger partial charge >= 0.3 is 12.4 Å². The van der Waals surface area contributed by atoms with Crippen molar-refractivity contribution in [1.82, 2.24) is 9.97 Å². The molecule has 222 valence electrons. The maximum Gasteiger partial charge on any atom is 0.416 e. The largest absolute Gasteiger partial charge is 0.416 e. The van der Waals surface area contributed by atoms with Crippen LogP contribution in [0.5, 0.6) is 0 Å². The Kier molecular flexibility index (Phi) is 8.41. The van der Waals surface area contributed by atoms with Gasteiger partial charge in [0.05, 0.1) is 28.4 Å². The van der Waals surface area contributed by atoms with Crippen LogP contribution in [0.25, 0.3) is 11.1 Å². The second kappa shape index (κ2) is 11.6. The molecule has 4 aromatic rings. The van der Waals surface area contributed by atoms with Gasteiger partial charge in [0, 0.05) is 30.1 Å². The molecule has 2 heterocycles. The fourth-order valence-electron chi connectivity index (χ4n) is 4.60. The second-order valence-electron chi connectivity index (χ2n) is 10.6. The summed E-state index contributed by atoms with van der Waals surface area (Å²) in [6.07, 6.45) is -7.03. The molecule has 4 rings (SSSR count). The number of anilines is 1. The lowest BCUT2D eigenvalue weighted by Crippen LogP contribution is -2.42. The Balaban J connectivity index is 1.81. The SMILES string of the molecule is Cc1cc(C#Cc2cc(-c3ccccc3C)c(N(C)C(=O)C(C)(C)c3cc(C(F)(F)F)cc(C(F)(F)F)c3)cn2)ccn1. The van der Waals surface area contributed by atoms with E-state index in [1.165, 1.54) is 32.0 Å². The fourth-order valence-corrected chi connectivity index (χ4v) is 4.60. The summed E-state index contributed by atoms with van der Waals surface area (Å²) in [5.41, 5.74) is -0.787. The lowest BCUT2D eigenvalue weighted by atomic mass is 9.81. The number of halogens is 6. The highest BCUT2D eigenvalue weighted by atomic mass is 19.4. The number of amides is 1. The first-order chi connectivity index (χ1) is 20.0. The number of aryl methyl sites for hydroxylation is 2. The molecule has 0 fully saturated rings. The Labute approximate surface area is 245 Å². The van der Waals surface area contributed by atoms with Crippen molar-refractivity contribution >= 4 is 11.6 Å². The van der Waals surface area contributed by atoms with Crippen LogP contribution < -0.4 is 4.90 Å². The first kappa shape index (κ1) is 31.3. The lowest BCUT2D eigenvalue weighted by Gasteiger charge is -2.32. The molecule has 0 aliphatic heterocycles. The zero-order chi connectivity index (χ0) is 31.7. The molecule has 0 bridgehead atoms. The molecule has 0 aliphatic carbocycles. The number of hydrogen-bond acceptors (Lipinski definition) is 3. The zero-order valence-electron chi connectivity index (χ0n) is 23.9. The number of nitrogens with zero attached hydrogens (tertiary/aromatic N) is 3. The van der Waals surface area contributed by atoms with Crippen LogP contribution in [0.1, 0.15) is 53.1 Å². The van der Waals surface area contributed by atoms with Gasteiger partial charge < -0.3 is 4.90 Å². The van der Waals surface area contributed by atoms with E-state index < -0.39 is 40.4 Å². The third kappa shape index (κ3) is 6.88. The first-order valence-electron chi connectivity index (χ1n) is 13.1. The summed E-state index contributed by atoms with van der Waals surface area (Å²) >= 11 is 0. The number of likely N-dealkylation sites (N-methyl/N-ethyl adjacent to an activating group) is 1. The van der Waals surface area contributed by atoms with E-state index in [-0.39, 0.29) is 6.07 Å². The van der Waals surface area contributed by atoms with Crippen LogP contribution >= 0.6 is 0 Å². The topological polar surface area (TPSA) is 46.1 Å². The van der Waals surface area contributed by atoms with Gasteiger partial charge in [0.1, 0.15) is 5.69 Å². The number of aromatic nitrogens is 2. The normalized spacial score (nSPS) is 12.0. The fraction of sp³-hybridized carbons (Fsp3) is 0.242. The summed E-state index contributed by atoms with van der Waals surface area (Å²) < 4.78 is 81.4. The molecule has 0 atom stereocenters. The molecule has 0 saturated heterocycles. The van der Waals surface area contributed by atoms with Crippen molar-refractivity contribution in [2.24, 2.45) is 0 Å². The summed E-state index contributed by atoms with van der Waals surface area (Å²) in [7, 11) is 1.41. The Morgan fingerprint density at radius 3 is 1.95 bits per heavy atom. The predicted octanol–water partition coefficient (Wildman–Crippen LogP) is 8.14. The Bertz CT molecular complexity index is 1710. The highest BCUT2D eigenvalue weighted by Gasteiger charge is 2.41. The van der Waals surface area contributed by atoms with E-state index >= 15 is 0 Å². The number of pyridine rings is 2. The first-order valence-corrected chi connectivity index (χ1v) is 13.1. The molecular formula is C33H27F6N3O. The molecule has 0 radical (unpaired) electrons. The summed E-state index contributed by atoms with van der Waals surface area (Å²) in [4.78, 5) is 23.6. The minimum Gasteiger partial charge on any atom is -0.313 e. The minimum atomic E-state index is -5.05. The van der Waals surface area contributed by atoms with Gasteiger partial charge in [-0.3, -0.25) is 9.78 Å². The van der Waals surface area contributed by atoms with Crippen LogP contribution in [-0.4, -0.2) is 22.9 Å². The average Bonchev–Trinajstić information content (AvgIpc) is 2.94. The highest BCUT2D eigenvalue weighted by Crippen LogP contribution is 2.40. The third-order valence-electron chi connectivity index (χ3n) is 7.06. The van der Waals surface area contributed by atoms with E-state index in [0.717, 1.165) is 22.4 Å². The highest BCUT2D eigenvalue weighted by molar-refractivity contribution is 6.03. The molecular weight excluding hydrogens is 568 g/mol. The van der Waals surface area contributed by atoms with Gasteiger partial charge in [0.15, 0.2) is 0 Å². The summed E-state index contributed by atoms with van der Waals surface area (Å²) in [5, 5.41) is 0. The van der Waals surface area contributed by atoms with Gasteiger partial charge in [0.2, 0.25) is 5.91 Å².